The van der Waals surface area contributed by atoms with Crippen molar-refractivity contribution in [3.8, 4) is 11.1 Å². The van der Waals surface area contributed by atoms with Gasteiger partial charge in [-0.05, 0) is 79.7 Å². The van der Waals surface area contributed by atoms with Gasteiger partial charge in [-0.15, -0.1) is 0 Å². The zero-order chi connectivity index (χ0) is 29.1. The molecule has 4 heterocycles. The lowest BCUT2D eigenvalue weighted by Gasteiger charge is -2.27. The lowest BCUT2D eigenvalue weighted by Crippen LogP contribution is -2.31. The molecule has 0 unspecified atom stereocenters. The number of nitrogens with one attached hydrogen (secondary N) is 2. The molecule has 0 bridgehead atoms. The van der Waals surface area contributed by atoms with Gasteiger partial charge in [0.05, 0.1) is 12.1 Å². The molecular formula is C33H38F2N6O. The van der Waals surface area contributed by atoms with Gasteiger partial charge >= 0.3 is 0 Å². The lowest BCUT2D eigenvalue weighted by molar-refractivity contribution is 0.0115. The summed E-state index contributed by atoms with van der Waals surface area (Å²) in [6.45, 7) is 6.03. The van der Waals surface area contributed by atoms with E-state index in [1.165, 1.54) is 30.4 Å². The number of nitrogens with zero attached hydrogens (tertiary/aromatic N) is 4. The van der Waals surface area contributed by atoms with Crippen molar-refractivity contribution in [2.75, 3.05) is 32.7 Å². The highest BCUT2D eigenvalue weighted by molar-refractivity contribution is 6.06. The quantitative estimate of drug-likeness (QED) is 0.335. The Morgan fingerprint density at radius 2 is 1.88 bits per heavy atom. The summed E-state index contributed by atoms with van der Waals surface area (Å²) in [5.74, 6) is -2.89. The summed E-state index contributed by atoms with van der Waals surface area (Å²) in [6.07, 6.45) is 15.3. The van der Waals surface area contributed by atoms with Gasteiger partial charge in [0, 0.05) is 55.1 Å². The van der Waals surface area contributed by atoms with Crippen LogP contribution in [0.4, 0.5) is 8.78 Å². The highest BCUT2D eigenvalue weighted by atomic mass is 19.3. The third-order valence-corrected chi connectivity index (χ3v) is 8.57. The maximum absolute atomic E-state index is 13.7. The number of amides is 1. The second-order valence-corrected chi connectivity index (χ2v) is 11.7. The second kappa shape index (κ2) is 12.3. The zero-order valence-electron chi connectivity index (χ0n) is 24.1. The van der Waals surface area contributed by atoms with E-state index in [9.17, 15) is 13.6 Å². The van der Waals surface area contributed by atoms with E-state index in [1.807, 2.05) is 30.3 Å². The van der Waals surface area contributed by atoms with Gasteiger partial charge in [-0.25, -0.2) is 8.78 Å². The molecule has 3 aromatic rings. The Bertz CT molecular complexity index is 1550. The van der Waals surface area contributed by atoms with Gasteiger partial charge in [-0.2, -0.15) is 5.10 Å². The fraction of sp³-hybridized carbons (Fsp3) is 0.424. The number of piperidine rings is 1. The van der Waals surface area contributed by atoms with Crippen molar-refractivity contribution >= 4 is 16.8 Å². The first-order valence-electron chi connectivity index (χ1n) is 15.0. The van der Waals surface area contributed by atoms with Gasteiger partial charge in [0.2, 0.25) is 0 Å². The summed E-state index contributed by atoms with van der Waals surface area (Å²) in [5, 5.41) is 11.1. The van der Waals surface area contributed by atoms with Crippen LogP contribution in [0.5, 0.6) is 0 Å². The summed E-state index contributed by atoms with van der Waals surface area (Å²) in [6, 6.07) is 7.76. The van der Waals surface area contributed by atoms with Crippen LogP contribution in [0.1, 0.15) is 61.5 Å². The molecular weight excluding hydrogens is 534 g/mol. The number of pyridine rings is 1. The number of aromatic amines is 1. The Kier molecular flexibility index (Phi) is 8.31. The minimum atomic E-state index is -2.62. The van der Waals surface area contributed by atoms with Gasteiger partial charge in [-0.3, -0.25) is 24.7 Å². The van der Waals surface area contributed by atoms with Gasteiger partial charge in [0.25, 0.3) is 11.8 Å². The van der Waals surface area contributed by atoms with Crippen molar-refractivity contribution < 1.29 is 13.6 Å². The first kappa shape index (κ1) is 28.4. The number of likely N-dealkylation sites (tertiary alicyclic amines) is 2. The first-order chi connectivity index (χ1) is 20.4. The van der Waals surface area contributed by atoms with Crippen LogP contribution in [0.2, 0.25) is 0 Å². The number of aromatic nitrogens is 3. The monoisotopic (exact) mass is 572 g/mol. The number of carbonyl (C=O) groups is 1. The molecule has 7 nitrogen and oxygen atoms in total. The minimum absolute atomic E-state index is 0.106. The number of carbonyl (C=O) groups excluding carboxylic acids is 1. The van der Waals surface area contributed by atoms with E-state index in [0.717, 1.165) is 60.4 Å². The average molecular weight is 573 g/mol. The Balaban J connectivity index is 1.17. The molecule has 0 atom stereocenters. The molecule has 2 N–H and O–H groups in total. The maximum Gasteiger partial charge on any atom is 0.276 e. The average Bonchev–Trinajstić information content (AvgIpc) is 3.51. The molecule has 2 aliphatic heterocycles. The van der Waals surface area contributed by atoms with Crippen molar-refractivity contribution in [3.05, 3.63) is 83.0 Å². The number of hydrogen-bond donors (Lipinski definition) is 2. The molecule has 2 aromatic heterocycles. The molecule has 9 heteroatoms. The van der Waals surface area contributed by atoms with E-state index in [2.05, 4.69) is 44.5 Å². The number of allylic oxidation sites excluding steroid dienone is 3. The molecule has 0 radical (unpaired) electrons. The molecule has 2 fully saturated rings. The van der Waals surface area contributed by atoms with Crippen LogP contribution in [-0.2, 0) is 6.54 Å². The first-order valence-corrected chi connectivity index (χ1v) is 15.0. The molecule has 0 saturated carbocycles. The predicted octanol–water partition coefficient (Wildman–Crippen LogP) is 6.23. The summed E-state index contributed by atoms with van der Waals surface area (Å²) in [7, 11) is 0. The fourth-order valence-corrected chi connectivity index (χ4v) is 6.22. The predicted molar refractivity (Wildman–Crippen MR) is 161 cm³/mol. The highest BCUT2D eigenvalue weighted by Crippen LogP contribution is 2.30. The van der Waals surface area contributed by atoms with E-state index in [0.29, 0.717) is 24.2 Å². The number of hydrogen-bond acceptors (Lipinski definition) is 5. The van der Waals surface area contributed by atoms with Crippen molar-refractivity contribution in [3.63, 3.8) is 0 Å². The van der Waals surface area contributed by atoms with Crippen LogP contribution in [0.15, 0.2) is 71.7 Å². The highest BCUT2D eigenvalue weighted by Gasteiger charge is 2.37. The Morgan fingerprint density at radius 1 is 1.02 bits per heavy atom. The fourth-order valence-electron chi connectivity index (χ4n) is 6.22. The van der Waals surface area contributed by atoms with Crippen LogP contribution in [0.25, 0.3) is 22.0 Å². The molecule has 42 heavy (non-hydrogen) atoms. The number of rotatable bonds is 8. The van der Waals surface area contributed by atoms with E-state index in [1.54, 1.807) is 17.3 Å². The van der Waals surface area contributed by atoms with Crippen molar-refractivity contribution in [1.82, 2.24) is 30.3 Å². The molecule has 0 spiro atoms. The molecule has 1 aromatic carbocycles. The molecule has 220 valence electrons. The molecule has 1 amide bonds. The minimum Gasteiger partial charge on any atom is -0.321 e. The summed E-state index contributed by atoms with van der Waals surface area (Å²) in [4.78, 5) is 22.1. The van der Waals surface area contributed by atoms with Gasteiger partial charge in [0.15, 0.2) is 5.69 Å². The van der Waals surface area contributed by atoms with Crippen LogP contribution in [-0.4, -0.2) is 69.5 Å². The van der Waals surface area contributed by atoms with Crippen LogP contribution < -0.4 is 5.32 Å². The summed E-state index contributed by atoms with van der Waals surface area (Å²) >= 11 is 0. The topological polar surface area (TPSA) is 77.1 Å². The van der Waals surface area contributed by atoms with Crippen LogP contribution >= 0.6 is 0 Å². The van der Waals surface area contributed by atoms with Crippen LogP contribution in [0.3, 0.4) is 0 Å². The van der Waals surface area contributed by atoms with Crippen molar-refractivity contribution in [2.24, 2.45) is 0 Å². The SMILES string of the molecule is CCC1=C(CN2CCCCC2)C=CC(NC(=O)c2n[nH]c3ccc(-c4cncc(CN5CCC(F)(F)C5)c4)cc23)=CC1. The maximum atomic E-state index is 13.7. The van der Waals surface area contributed by atoms with Crippen molar-refractivity contribution in [1.29, 1.82) is 0 Å². The largest absolute Gasteiger partial charge is 0.321 e. The third-order valence-electron chi connectivity index (χ3n) is 8.57. The van der Waals surface area contributed by atoms with Gasteiger partial charge in [0.1, 0.15) is 0 Å². The molecule has 2 saturated heterocycles. The second-order valence-electron chi connectivity index (χ2n) is 11.7. The number of alkyl halides is 2. The zero-order valence-corrected chi connectivity index (χ0v) is 24.1. The molecule has 1 aliphatic carbocycles. The molecule has 6 rings (SSSR count). The van der Waals surface area contributed by atoms with E-state index < -0.39 is 5.92 Å². The normalized spacial score (nSPS) is 19.7. The summed E-state index contributed by atoms with van der Waals surface area (Å²) < 4.78 is 27.3. The Hall–Kier alpha value is -3.69. The third kappa shape index (κ3) is 6.52. The number of halogens is 2. The van der Waals surface area contributed by atoms with E-state index in [-0.39, 0.29) is 18.9 Å². The van der Waals surface area contributed by atoms with E-state index >= 15 is 0 Å². The van der Waals surface area contributed by atoms with Crippen molar-refractivity contribution in [2.45, 2.75) is 57.9 Å². The lowest BCUT2D eigenvalue weighted by atomic mass is 10.0. The number of H-pyrrole nitrogens is 1. The van der Waals surface area contributed by atoms with Gasteiger partial charge < -0.3 is 5.32 Å². The number of benzene rings is 1. The Labute approximate surface area is 245 Å². The smallest absolute Gasteiger partial charge is 0.276 e. The number of fused-ring (bicyclic) bond motifs is 1. The van der Waals surface area contributed by atoms with E-state index in [4.69, 9.17) is 0 Å². The molecule has 3 aliphatic rings. The summed E-state index contributed by atoms with van der Waals surface area (Å²) in [5.41, 5.74) is 7.24. The standard InChI is InChI=1S/C33H38F2N6O/c1-2-24-6-9-28(10-7-26(24)21-40-13-4-3-5-14-40)37-32(42)31-29-17-25(8-11-30(29)38-39-31)27-16-23(18-36-19-27)20-41-15-12-33(34,35)22-41/h7-11,16-19H,2-6,12-15,20-22H2,1H3,(H,37,42)(H,38,39). The van der Waals surface area contributed by atoms with Crippen LogP contribution in [0, 0.1) is 0 Å². The van der Waals surface area contributed by atoms with Gasteiger partial charge in [-0.1, -0.05) is 37.1 Å². The Morgan fingerprint density at radius 3 is 2.67 bits per heavy atom.